The molecule has 0 nitrogen and oxygen atoms in total. The highest BCUT2D eigenvalue weighted by molar-refractivity contribution is 5.37. The van der Waals surface area contributed by atoms with Gasteiger partial charge in [0.05, 0.1) is 0 Å². The van der Waals surface area contributed by atoms with Gasteiger partial charge in [-0.3, -0.25) is 0 Å². The number of hydrogen-bond donors (Lipinski definition) is 0. The van der Waals surface area contributed by atoms with Crippen molar-refractivity contribution in [2.75, 3.05) is 0 Å². The summed E-state index contributed by atoms with van der Waals surface area (Å²) in [6.07, 6.45) is 1.99. The zero-order chi connectivity index (χ0) is 11.6. The van der Waals surface area contributed by atoms with Gasteiger partial charge in [-0.25, -0.2) is 0 Å². The summed E-state index contributed by atoms with van der Waals surface area (Å²) in [7, 11) is 0. The summed E-state index contributed by atoms with van der Waals surface area (Å²) in [6, 6.07) is 6.76. The molecule has 0 saturated carbocycles. The van der Waals surface area contributed by atoms with Crippen LogP contribution in [0.5, 0.6) is 0 Å². The lowest BCUT2D eigenvalue weighted by Gasteiger charge is -2.22. The monoisotopic (exact) mass is 202 g/mol. The van der Waals surface area contributed by atoms with E-state index in [4.69, 9.17) is 0 Å². The second kappa shape index (κ2) is 4.22. The van der Waals surface area contributed by atoms with Gasteiger partial charge in [-0.05, 0) is 34.9 Å². The predicted octanol–water partition coefficient (Wildman–Crippen LogP) is 4.58. The van der Waals surface area contributed by atoms with E-state index < -0.39 is 0 Å². The first-order valence-electron chi connectivity index (χ1n) is 5.60. The molecule has 1 unspecified atom stereocenters. The predicted molar refractivity (Wildman–Crippen MR) is 68.5 cm³/mol. The molecule has 15 heavy (non-hydrogen) atoms. The van der Waals surface area contributed by atoms with E-state index in [1.807, 2.05) is 6.08 Å². The van der Waals surface area contributed by atoms with Crippen LogP contribution >= 0.6 is 0 Å². The Morgan fingerprint density at radius 3 is 2.27 bits per heavy atom. The van der Waals surface area contributed by atoms with E-state index in [0.717, 1.165) is 0 Å². The minimum Gasteiger partial charge on any atom is -0.102 e. The topological polar surface area (TPSA) is 0 Å². The van der Waals surface area contributed by atoms with Crippen molar-refractivity contribution >= 4 is 0 Å². The van der Waals surface area contributed by atoms with Gasteiger partial charge in [0.1, 0.15) is 0 Å². The Morgan fingerprint density at radius 2 is 1.87 bits per heavy atom. The minimum absolute atomic E-state index is 0.236. The van der Waals surface area contributed by atoms with E-state index >= 15 is 0 Å². The molecule has 1 rings (SSSR count). The average Bonchev–Trinajstić information content (AvgIpc) is 2.14. The summed E-state index contributed by atoms with van der Waals surface area (Å²) in [5, 5.41) is 0. The third kappa shape index (κ3) is 2.71. The quantitative estimate of drug-likeness (QED) is 0.616. The summed E-state index contributed by atoms with van der Waals surface area (Å²) < 4.78 is 0. The Balaban J connectivity index is 3.14. The van der Waals surface area contributed by atoms with Crippen LogP contribution in [0.4, 0.5) is 0 Å². The molecule has 0 amide bonds. The Kier molecular flexibility index (Phi) is 3.38. The molecule has 1 aromatic rings. The van der Waals surface area contributed by atoms with E-state index in [9.17, 15) is 0 Å². The average molecular weight is 202 g/mol. The van der Waals surface area contributed by atoms with Crippen LogP contribution in [0.1, 0.15) is 50.3 Å². The van der Waals surface area contributed by atoms with Gasteiger partial charge in [-0.15, -0.1) is 6.58 Å². The van der Waals surface area contributed by atoms with Crippen LogP contribution < -0.4 is 0 Å². The smallest absolute Gasteiger partial charge is 0.00130 e. The maximum atomic E-state index is 3.84. The maximum absolute atomic E-state index is 3.84. The van der Waals surface area contributed by atoms with Gasteiger partial charge in [0.2, 0.25) is 0 Å². The van der Waals surface area contributed by atoms with Gasteiger partial charge in [-0.2, -0.15) is 0 Å². The zero-order valence-electron chi connectivity index (χ0n) is 10.6. The molecule has 0 spiro atoms. The maximum Gasteiger partial charge on any atom is -0.00130 e. The Labute approximate surface area is 94.0 Å². The van der Waals surface area contributed by atoms with Crippen molar-refractivity contribution in [3.63, 3.8) is 0 Å². The molecule has 0 saturated heterocycles. The van der Waals surface area contributed by atoms with Crippen LogP contribution in [0.25, 0.3) is 0 Å². The fraction of sp³-hybridized carbons (Fsp3) is 0.467. The Bertz CT molecular complexity index is 353. The van der Waals surface area contributed by atoms with Crippen LogP contribution in [0, 0.1) is 6.92 Å². The second-order valence-electron chi connectivity index (χ2n) is 5.35. The van der Waals surface area contributed by atoms with E-state index in [-0.39, 0.29) is 5.41 Å². The van der Waals surface area contributed by atoms with Crippen LogP contribution in [-0.4, -0.2) is 0 Å². The van der Waals surface area contributed by atoms with E-state index in [1.165, 1.54) is 16.7 Å². The van der Waals surface area contributed by atoms with Crippen molar-refractivity contribution < 1.29 is 0 Å². The molecule has 0 heteroatoms. The molecular weight excluding hydrogens is 180 g/mol. The molecule has 0 aliphatic carbocycles. The number of allylic oxidation sites excluding steroid dienone is 1. The summed E-state index contributed by atoms with van der Waals surface area (Å²) in [5.74, 6) is 0.442. The largest absolute Gasteiger partial charge is 0.102 e. The molecule has 1 atom stereocenters. The van der Waals surface area contributed by atoms with Crippen LogP contribution in [0.15, 0.2) is 30.9 Å². The fourth-order valence-electron chi connectivity index (χ4n) is 1.95. The van der Waals surface area contributed by atoms with Gasteiger partial charge < -0.3 is 0 Å². The van der Waals surface area contributed by atoms with Crippen molar-refractivity contribution in [2.45, 2.75) is 46.0 Å². The molecule has 0 N–H and O–H groups in total. The van der Waals surface area contributed by atoms with Gasteiger partial charge in [-0.1, -0.05) is 52.0 Å². The summed E-state index contributed by atoms with van der Waals surface area (Å²) in [6.45, 7) is 15.0. The van der Waals surface area contributed by atoms with E-state index in [2.05, 4.69) is 59.4 Å². The second-order valence-corrected chi connectivity index (χ2v) is 5.35. The molecule has 0 bridgehead atoms. The number of benzene rings is 1. The number of aryl methyl sites for hydroxylation is 1. The highest BCUT2D eigenvalue weighted by Crippen LogP contribution is 2.28. The van der Waals surface area contributed by atoms with Gasteiger partial charge in [0, 0.05) is 0 Å². The SMILES string of the molecule is C=CC(C)c1ccc(C(C)(C)C)c(C)c1. The molecule has 1 aromatic carbocycles. The number of hydrogen-bond acceptors (Lipinski definition) is 0. The van der Waals surface area contributed by atoms with Crippen molar-refractivity contribution in [2.24, 2.45) is 0 Å². The summed E-state index contributed by atoms with van der Waals surface area (Å²) in [4.78, 5) is 0. The molecule has 0 fully saturated rings. The lowest BCUT2D eigenvalue weighted by atomic mass is 9.82. The van der Waals surface area contributed by atoms with E-state index in [1.54, 1.807) is 0 Å². The third-order valence-corrected chi connectivity index (χ3v) is 2.94. The van der Waals surface area contributed by atoms with Crippen molar-refractivity contribution in [1.29, 1.82) is 0 Å². The molecule has 0 radical (unpaired) electrons. The lowest BCUT2D eigenvalue weighted by Crippen LogP contribution is -2.13. The highest BCUT2D eigenvalue weighted by atomic mass is 14.2. The first kappa shape index (κ1) is 12.0. The highest BCUT2D eigenvalue weighted by Gasteiger charge is 2.16. The van der Waals surface area contributed by atoms with Crippen molar-refractivity contribution in [3.8, 4) is 0 Å². The lowest BCUT2D eigenvalue weighted by molar-refractivity contribution is 0.585. The molecule has 0 aromatic heterocycles. The third-order valence-electron chi connectivity index (χ3n) is 2.94. The fourth-order valence-corrected chi connectivity index (χ4v) is 1.95. The van der Waals surface area contributed by atoms with Crippen LogP contribution in [-0.2, 0) is 5.41 Å². The Hall–Kier alpha value is -1.04. The Morgan fingerprint density at radius 1 is 1.27 bits per heavy atom. The van der Waals surface area contributed by atoms with Gasteiger partial charge in [0.15, 0.2) is 0 Å². The number of rotatable bonds is 2. The van der Waals surface area contributed by atoms with Crippen LogP contribution in [0.2, 0.25) is 0 Å². The first-order valence-corrected chi connectivity index (χ1v) is 5.60. The molecule has 0 heterocycles. The molecule has 82 valence electrons. The minimum atomic E-state index is 0.236. The zero-order valence-corrected chi connectivity index (χ0v) is 10.6. The summed E-state index contributed by atoms with van der Waals surface area (Å²) >= 11 is 0. The van der Waals surface area contributed by atoms with Crippen molar-refractivity contribution in [3.05, 3.63) is 47.5 Å². The summed E-state index contributed by atoms with van der Waals surface area (Å²) in [5.41, 5.74) is 4.41. The normalized spacial score (nSPS) is 13.7. The molecule has 0 aliphatic heterocycles. The van der Waals surface area contributed by atoms with Gasteiger partial charge in [0.25, 0.3) is 0 Å². The standard InChI is InChI=1S/C15H22/c1-7-11(2)13-8-9-14(12(3)10-13)15(4,5)6/h7-11H,1H2,2-6H3. The molecular formula is C15H22. The van der Waals surface area contributed by atoms with Crippen LogP contribution in [0.3, 0.4) is 0 Å². The first-order chi connectivity index (χ1) is 6.86. The molecule has 0 aliphatic rings. The van der Waals surface area contributed by atoms with E-state index in [0.29, 0.717) is 5.92 Å². The van der Waals surface area contributed by atoms with Gasteiger partial charge >= 0.3 is 0 Å². The van der Waals surface area contributed by atoms with Crippen molar-refractivity contribution in [1.82, 2.24) is 0 Å².